The van der Waals surface area contributed by atoms with Crippen molar-refractivity contribution in [3.8, 4) is 55.6 Å². The summed E-state index contributed by atoms with van der Waals surface area (Å²) in [5, 5.41) is 13.2. The number of fused-ring (bicyclic) bond motifs is 13. The molecule has 0 radical (unpaired) electrons. The Hall–Kier alpha value is -6.50. The normalized spacial score (nSPS) is 13.6. The molecule has 0 bridgehead atoms. The summed E-state index contributed by atoms with van der Waals surface area (Å²) in [6, 6.07) is 64.0. The molecular formula is C53H34. The van der Waals surface area contributed by atoms with Gasteiger partial charge >= 0.3 is 0 Å². The Morgan fingerprint density at radius 3 is 1.68 bits per heavy atom. The molecule has 0 aliphatic heterocycles. The maximum Gasteiger partial charge on any atom is 0.0159 e. The van der Waals surface area contributed by atoms with Gasteiger partial charge in [0, 0.05) is 5.41 Å². The highest BCUT2D eigenvalue weighted by atomic mass is 14.4. The summed E-state index contributed by atoms with van der Waals surface area (Å²) in [7, 11) is 0. The Kier molecular flexibility index (Phi) is 5.66. The van der Waals surface area contributed by atoms with Crippen LogP contribution in [-0.2, 0) is 5.41 Å². The second-order valence-electron chi connectivity index (χ2n) is 15.6. The fourth-order valence-electron chi connectivity index (χ4n) is 10.1. The van der Waals surface area contributed by atoms with Crippen molar-refractivity contribution < 1.29 is 0 Å². The fourth-order valence-corrected chi connectivity index (χ4v) is 10.1. The van der Waals surface area contributed by atoms with E-state index in [0.717, 1.165) is 0 Å². The molecule has 2 aliphatic rings. The first-order valence-corrected chi connectivity index (χ1v) is 18.8. The number of benzene rings is 10. The minimum Gasteiger partial charge on any atom is -0.0616 e. The smallest absolute Gasteiger partial charge is 0.0159 e. The van der Waals surface area contributed by atoms with Gasteiger partial charge in [-0.2, -0.15) is 0 Å². The van der Waals surface area contributed by atoms with Crippen LogP contribution in [0, 0.1) is 0 Å². The predicted molar refractivity (Wildman–Crippen MR) is 227 cm³/mol. The highest BCUT2D eigenvalue weighted by Crippen LogP contribution is 2.56. The van der Waals surface area contributed by atoms with Crippen LogP contribution in [0.15, 0.2) is 170 Å². The van der Waals surface area contributed by atoms with Gasteiger partial charge in [0.2, 0.25) is 0 Å². The van der Waals surface area contributed by atoms with Crippen molar-refractivity contribution in [1.29, 1.82) is 0 Å². The predicted octanol–water partition coefficient (Wildman–Crippen LogP) is 14.7. The lowest BCUT2D eigenvalue weighted by molar-refractivity contribution is 0.661. The van der Waals surface area contributed by atoms with Crippen LogP contribution >= 0.6 is 0 Å². The monoisotopic (exact) mass is 670 g/mol. The molecule has 0 saturated carbocycles. The molecule has 0 N–H and O–H groups in total. The number of rotatable bonds is 2. The maximum atomic E-state index is 2.51. The van der Waals surface area contributed by atoms with E-state index in [1.54, 1.807) is 0 Å². The highest BCUT2D eigenvalue weighted by Gasteiger charge is 2.37. The van der Waals surface area contributed by atoms with Crippen LogP contribution in [0.25, 0.3) is 109 Å². The lowest BCUT2D eigenvalue weighted by Crippen LogP contribution is -2.15. The third-order valence-electron chi connectivity index (χ3n) is 12.6. The molecular weight excluding hydrogens is 637 g/mol. The quantitative estimate of drug-likeness (QED) is 0.161. The van der Waals surface area contributed by atoms with Gasteiger partial charge in [0.1, 0.15) is 0 Å². The molecule has 0 heterocycles. The van der Waals surface area contributed by atoms with Gasteiger partial charge in [0.05, 0.1) is 0 Å². The van der Waals surface area contributed by atoms with Crippen LogP contribution < -0.4 is 0 Å². The molecule has 2 aliphatic carbocycles. The molecule has 0 nitrogen and oxygen atoms in total. The van der Waals surface area contributed by atoms with E-state index >= 15 is 0 Å². The molecule has 0 unspecified atom stereocenters. The van der Waals surface area contributed by atoms with E-state index in [-0.39, 0.29) is 5.41 Å². The Morgan fingerprint density at radius 2 is 0.887 bits per heavy atom. The Morgan fingerprint density at radius 1 is 0.302 bits per heavy atom. The Labute approximate surface area is 308 Å². The zero-order valence-electron chi connectivity index (χ0n) is 29.7. The Balaban J connectivity index is 1.07. The summed E-state index contributed by atoms with van der Waals surface area (Å²) in [4.78, 5) is 0. The van der Waals surface area contributed by atoms with Crippen molar-refractivity contribution in [1.82, 2.24) is 0 Å². The topological polar surface area (TPSA) is 0 Å². The minimum absolute atomic E-state index is 0.175. The summed E-state index contributed by atoms with van der Waals surface area (Å²) in [5.41, 5.74) is 15.9. The van der Waals surface area contributed by atoms with Gasteiger partial charge in [-0.1, -0.05) is 166 Å². The van der Waals surface area contributed by atoms with Crippen LogP contribution in [0.2, 0.25) is 0 Å². The van der Waals surface area contributed by atoms with Crippen molar-refractivity contribution in [3.05, 3.63) is 181 Å². The number of hydrogen-bond acceptors (Lipinski definition) is 0. The summed E-state index contributed by atoms with van der Waals surface area (Å²) in [6.07, 6.45) is 0. The van der Waals surface area contributed by atoms with E-state index in [2.05, 4.69) is 184 Å². The summed E-state index contributed by atoms with van der Waals surface area (Å²) in [5.74, 6) is 0. The SMILES string of the molecule is CC1(C)c2cc(-c3c4c5c(cccc5c5ccccc35)-c3ccccc3-4)ccc2-c2ccc(-c3cc4ccccc4c4c3ccc3ccccc34)cc21. The molecule has 0 atom stereocenters. The highest BCUT2D eigenvalue weighted by molar-refractivity contribution is 6.29. The van der Waals surface area contributed by atoms with Crippen molar-refractivity contribution in [2.24, 2.45) is 0 Å². The first-order chi connectivity index (χ1) is 26.1. The fraction of sp³-hybridized carbons (Fsp3) is 0.0566. The minimum atomic E-state index is -0.175. The van der Waals surface area contributed by atoms with Gasteiger partial charge in [-0.05, 0) is 139 Å². The molecule has 12 rings (SSSR count). The van der Waals surface area contributed by atoms with E-state index in [0.29, 0.717) is 0 Å². The van der Waals surface area contributed by atoms with Crippen molar-refractivity contribution in [3.63, 3.8) is 0 Å². The summed E-state index contributed by atoms with van der Waals surface area (Å²) in [6.45, 7) is 4.84. The number of hydrogen-bond donors (Lipinski definition) is 0. The van der Waals surface area contributed by atoms with Crippen LogP contribution in [-0.4, -0.2) is 0 Å². The molecule has 0 saturated heterocycles. The zero-order valence-corrected chi connectivity index (χ0v) is 29.7. The van der Waals surface area contributed by atoms with E-state index in [4.69, 9.17) is 0 Å². The van der Waals surface area contributed by atoms with Crippen LogP contribution in [0.5, 0.6) is 0 Å². The molecule has 53 heavy (non-hydrogen) atoms. The Bertz CT molecular complexity index is 3230. The van der Waals surface area contributed by atoms with Gasteiger partial charge in [-0.25, -0.2) is 0 Å². The third-order valence-corrected chi connectivity index (χ3v) is 12.6. The molecule has 0 aromatic heterocycles. The average molecular weight is 671 g/mol. The second kappa shape index (κ2) is 10.3. The standard InChI is InChI=1S/C53H34/c1-53(2)47-29-33(46-28-32-13-4-6-15-36(32)50-35-14-5-3-12-31(35)22-27-45(46)50)23-25-39(47)40-26-24-34(30-48(40)53)49-41-18-9-7-16-37(41)42-20-11-21-43-38-17-8-10-19-44(38)52(49)51(42)43/h3-30H,1-2H3. The third kappa shape index (κ3) is 3.80. The van der Waals surface area contributed by atoms with Gasteiger partial charge < -0.3 is 0 Å². The molecule has 0 fully saturated rings. The van der Waals surface area contributed by atoms with Gasteiger partial charge in [0.25, 0.3) is 0 Å². The van der Waals surface area contributed by atoms with Crippen molar-refractivity contribution >= 4 is 53.9 Å². The summed E-state index contributed by atoms with van der Waals surface area (Å²) < 4.78 is 0. The molecule has 0 spiro atoms. The van der Waals surface area contributed by atoms with E-state index < -0.39 is 0 Å². The molecule has 246 valence electrons. The average Bonchev–Trinajstić information content (AvgIpc) is 3.66. The van der Waals surface area contributed by atoms with Gasteiger partial charge in [-0.15, -0.1) is 0 Å². The van der Waals surface area contributed by atoms with E-state index in [1.165, 1.54) is 121 Å². The lowest BCUT2D eigenvalue weighted by atomic mass is 9.79. The summed E-state index contributed by atoms with van der Waals surface area (Å²) >= 11 is 0. The largest absolute Gasteiger partial charge is 0.0616 e. The first-order valence-electron chi connectivity index (χ1n) is 18.8. The lowest BCUT2D eigenvalue weighted by Gasteiger charge is -2.23. The van der Waals surface area contributed by atoms with Crippen LogP contribution in [0.1, 0.15) is 25.0 Å². The molecule has 0 amide bonds. The van der Waals surface area contributed by atoms with Crippen LogP contribution in [0.3, 0.4) is 0 Å². The van der Waals surface area contributed by atoms with Gasteiger partial charge in [-0.3, -0.25) is 0 Å². The molecule has 10 aromatic rings. The second-order valence-corrected chi connectivity index (χ2v) is 15.6. The zero-order chi connectivity index (χ0) is 35.0. The first kappa shape index (κ1) is 29.1. The van der Waals surface area contributed by atoms with Crippen LogP contribution in [0.4, 0.5) is 0 Å². The van der Waals surface area contributed by atoms with E-state index in [1.807, 2.05) is 0 Å². The molecule has 10 aromatic carbocycles. The van der Waals surface area contributed by atoms with E-state index in [9.17, 15) is 0 Å². The van der Waals surface area contributed by atoms with Crippen molar-refractivity contribution in [2.45, 2.75) is 19.3 Å². The van der Waals surface area contributed by atoms with Gasteiger partial charge in [0.15, 0.2) is 0 Å². The molecule has 0 heteroatoms. The maximum absolute atomic E-state index is 2.51. The van der Waals surface area contributed by atoms with Crippen molar-refractivity contribution in [2.75, 3.05) is 0 Å².